The van der Waals surface area contributed by atoms with Crippen LogP contribution in [0.15, 0.2) is 24.3 Å². The molecule has 0 saturated heterocycles. The number of hydrogen-bond donors (Lipinski definition) is 1. The maximum atomic E-state index is 5.05. The summed E-state index contributed by atoms with van der Waals surface area (Å²) in [5, 5.41) is 0. The molecular formula is C9H13NO. The highest BCUT2D eigenvalue weighted by molar-refractivity contribution is 5.48. The molecule has 0 aromatic heterocycles. The summed E-state index contributed by atoms with van der Waals surface area (Å²) >= 11 is 0. The fourth-order valence-corrected chi connectivity index (χ4v) is 0.837. The van der Waals surface area contributed by atoms with Crippen LogP contribution in [-0.4, -0.2) is 6.61 Å². The molecule has 0 radical (unpaired) electrons. The van der Waals surface area contributed by atoms with Crippen LogP contribution in [0.25, 0.3) is 0 Å². The minimum Gasteiger partial charge on any atom is -0.276 e. The van der Waals surface area contributed by atoms with Gasteiger partial charge in [-0.05, 0) is 25.5 Å². The second-order valence-electron chi connectivity index (χ2n) is 2.35. The number of hydrogen-bond acceptors (Lipinski definition) is 2. The van der Waals surface area contributed by atoms with Crippen molar-refractivity contribution in [1.82, 2.24) is 0 Å². The number of benzene rings is 1. The molecule has 2 heteroatoms. The Morgan fingerprint density at radius 2 is 2.09 bits per heavy atom. The normalized spacial score (nSPS) is 9.64. The highest BCUT2D eigenvalue weighted by Gasteiger charge is 1.92. The van der Waals surface area contributed by atoms with Crippen molar-refractivity contribution < 1.29 is 4.84 Å². The highest BCUT2D eigenvalue weighted by Crippen LogP contribution is 2.12. The van der Waals surface area contributed by atoms with Gasteiger partial charge in [0.2, 0.25) is 0 Å². The van der Waals surface area contributed by atoms with E-state index in [0.717, 1.165) is 5.69 Å². The molecule has 0 atom stereocenters. The van der Waals surface area contributed by atoms with E-state index in [1.54, 1.807) is 0 Å². The molecule has 0 bridgehead atoms. The minimum absolute atomic E-state index is 0.675. The van der Waals surface area contributed by atoms with Gasteiger partial charge >= 0.3 is 0 Å². The number of para-hydroxylation sites is 1. The predicted molar refractivity (Wildman–Crippen MR) is 46.4 cm³/mol. The van der Waals surface area contributed by atoms with Crippen LogP contribution in [0, 0.1) is 6.92 Å². The summed E-state index contributed by atoms with van der Waals surface area (Å²) in [6, 6.07) is 8.02. The lowest BCUT2D eigenvalue weighted by Crippen LogP contribution is -2.01. The maximum absolute atomic E-state index is 5.05. The Hall–Kier alpha value is -1.02. The van der Waals surface area contributed by atoms with Crippen LogP contribution in [0.4, 0.5) is 5.69 Å². The van der Waals surface area contributed by atoms with Crippen molar-refractivity contribution in [2.24, 2.45) is 0 Å². The lowest BCUT2D eigenvalue weighted by atomic mass is 10.2. The number of rotatable bonds is 3. The van der Waals surface area contributed by atoms with Crippen LogP contribution in [-0.2, 0) is 4.84 Å². The molecule has 60 valence electrons. The van der Waals surface area contributed by atoms with Crippen molar-refractivity contribution in [1.29, 1.82) is 0 Å². The molecule has 0 saturated carbocycles. The zero-order valence-electron chi connectivity index (χ0n) is 6.92. The molecule has 0 amide bonds. The molecule has 0 aliphatic heterocycles. The van der Waals surface area contributed by atoms with Crippen LogP contribution in [0.1, 0.15) is 12.5 Å². The monoisotopic (exact) mass is 151 g/mol. The van der Waals surface area contributed by atoms with E-state index >= 15 is 0 Å². The molecule has 1 aromatic carbocycles. The summed E-state index contributed by atoms with van der Waals surface area (Å²) in [6.45, 7) is 4.67. The molecule has 0 aliphatic carbocycles. The van der Waals surface area contributed by atoms with E-state index in [4.69, 9.17) is 4.84 Å². The van der Waals surface area contributed by atoms with Gasteiger partial charge < -0.3 is 0 Å². The van der Waals surface area contributed by atoms with E-state index in [1.165, 1.54) is 5.56 Å². The number of anilines is 1. The smallest absolute Gasteiger partial charge is 0.0717 e. The molecule has 0 heterocycles. The van der Waals surface area contributed by atoms with Crippen LogP contribution in [0.3, 0.4) is 0 Å². The topological polar surface area (TPSA) is 21.3 Å². The summed E-state index contributed by atoms with van der Waals surface area (Å²) in [5.74, 6) is 0. The van der Waals surface area contributed by atoms with E-state index in [-0.39, 0.29) is 0 Å². The van der Waals surface area contributed by atoms with Gasteiger partial charge in [-0.2, -0.15) is 0 Å². The van der Waals surface area contributed by atoms with Gasteiger partial charge in [-0.25, -0.2) is 0 Å². The molecule has 1 N–H and O–H groups in total. The van der Waals surface area contributed by atoms with Crippen LogP contribution < -0.4 is 5.48 Å². The molecule has 0 spiro atoms. The largest absolute Gasteiger partial charge is 0.276 e. The van der Waals surface area contributed by atoms with Gasteiger partial charge in [0.15, 0.2) is 0 Å². The van der Waals surface area contributed by atoms with Gasteiger partial charge in [0.1, 0.15) is 0 Å². The van der Waals surface area contributed by atoms with E-state index in [2.05, 4.69) is 5.48 Å². The average Bonchev–Trinajstić information content (AvgIpc) is 2.03. The Bertz CT molecular complexity index is 223. The maximum Gasteiger partial charge on any atom is 0.0717 e. The second kappa shape index (κ2) is 3.98. The number of nitrogens with one attached hydrogen (secondary N) is 1. The van der Waals surface area contributed by atoms with Crippen LogP contribution >= 0.6 is 0 Å². The molecule has 1 aromatic rings. The van der Waals surface area contributed by atoms with E-state index in [9.17, 15) is 0 Å². The van der Waals surface area contributed by atoms with Gasteiger partial charge in [-0.3, -0.25) is 10.3 Å². The zero-order valence-corrected chi connectivity index (χ0v) is 6.92. The first-order chi connectivity index (χ1) is 5.34. The lowest BCUT2D eigenvalue weighted by Gasteiger charge is -2.06. The SMILES string of the molecule is CCONc1ccccc1C. The zero-order chi connectivity index (χ0) is 8.10. The second-order valence-corrected chi connectivity index (χ2v) is 2.35. The summed E-state index contributed by atoms with van der Waals surface area (Å²) < 4.78 is 0. The molecule has 0 fully saturated rings. The van der Waals surface area contributed by atoms with E-state index in [1.807, 2.05) is 38.1 Å². The third-order valence-electron chi connectivity index (χ3n) is 1.47. The Morgan fingerprint density at radius 3 is 2.73 bits per heavy atom. The minimum atomic E-state index is 0.675. The first-order valence-electron chi connectivity index (χ1n) is 3.78. The Labute approximate surface area is 67.1 Å². The van der Waals surface area contributed by atoms with Crippen molar-refractivity contribution in [3.8, 4) is 0 Å². The third kappa shape index (κ3) is 2.24. The fraction of sp³-hybridized carbons (Fsp3) is 0.333. The van der Waals surface area contributed by atoms with Crippen molar-refractivity contribution in [2.75, 3.05) is 12.1 Å². The van der Waals surface area contributed by atoms with Gasteiger partial charge in [0, 0.05) is 0 Å². The first kappa shape index (κ1) is 8.08. The fourth-order valence-electron chi connectivity index (χ4n) is 0.837. The van der Waals surface area contributed by atoms with Crippen molar-refractivity contribution >= 4 is 5.69 Å². The Kier molecular flexibility index (Phi) is 2.93. The van der Waals surface area contributed by atoms with Crippen LogP contribution in [0.5, 0.6) is 0 Å². The van der Waals surface area contributed by atoms with Crippen molar-refractivity contribution in [2.45, 2.75) is 13.8 Å². The Morgan fingerprint density at radius 1 is 1.36 bits per heavy atom. The standard InChI is InChI=1S/C9H13NO/c1-3-11-10-9-7-5-4-6-8(9)2/h4-7,10H,3H2,1-2H3. The predicted octanol–water partition coefficient (Wildman–Crippen LogP) is 2.36. The summed E-state index contributed by atoms with van der Waals surface area (Å²) in [4.78, 5) is 5.05. The summed E-state index contributed by atoms with van der Waals surface area (Å²) in [7, 11) is 0. The lowest BCUT2D eigenvalue weighted by molar-refractivity contribution is 0.210. The van der Waals surface area contributed by atoms with Gasteiger partial charge in [0.25, 0.3) is 0 Å². The highest BCUT2D eigenvalue weighted by atomic mass is 16.6. The van der Waals surface area contributed by atoms with Gasteiger partial charge in [-0.1, -0.05) is 18.2 Å². The molecule has 11 heavy (non-hydrogen) atoms. The van der Waals surface area contributed by atoms with E-state index < -0.39 is 0 Å². The Balaban J connectivity index is 2.62. The van der Waals surface area contributed by atoms with Gasteiger partial charge in [0.05, 0.1) is 12.3 Å². The molecular weight excluding hydrogens is 138 g/mol. The summed E-state index contributed by atoms with van der Waals surface area (Å²) in [5.41, 5.74) is 5.09. The molecule has 1 rings (SSSR count). The van der Waals surface area contributed by atoms with Gasteiger partial charge in [-0.15, -0.1) is 0 Å². The first-order valence-corrected chi connectivity index (χ1v) is 3.78. The number of aryl methyl sites for hydroxylation is 1. The summed E-state index contributed by atoms with van der Waals surface area (Å²) in [6.07, 6.45) is 0. The quantitative estimate of drug-likeness (QED) is 0.669. The van der Waals surface area contributed by atoms with Crippen LogP contribution in [0.2, 0.25) is 0 Å². The van der Waals surface area contributed by atoms with E-state index in [0.29, 0.717) is 6.61 Å². The third-order valence-corrected chi connectivity index (χ3v) is 1.47. The van der Waals surface area contributed by atoms with Crippen molar-refractivity contribution in [3.63, 3.8) is 0 Å². The molecule has 0 unspecified atom stereocenters. The molecule has 0 aliphatic rings. The van der Waals surface area contributed by atoms with Crippen molar-refractivity contribution in [3.05, 3.63) is 29.8 Å². The molecule has 2 nitrogen and oxygen atoms in total. The average molecular weight is 151 g/mol.